The molecule has 0 spiro atoms. The van der Waals surface area contributed by atoms with Gasteiger partial charge >= 0.3 is 59.1 Å². The van der Waals surface area contributed by atoms with Crippen molar-refractivity contribution in [1.29, 1.82) is 0 Å². The molecular formula is C17H32Na2O8S. The molecule has 11 heteroatoms. The van der Waals surface area contributed by atoms with Crippen molar-refractivity contribution in [2.75, 3.05) is 6.61 Å². The van der Waals surface area contributed by atoms with Crippen LogP contribution < -0.4 is 69.3 Å². The zero-order valence-electron chi connectivity index (χ0n) is 17.5. The summed E-state index contributed by atoms with van der Waals surface area (Å²) in [5.41, 5.74) is 0. The predicted molar refractivity (Wildman–Crippen MR) is 93.5 cm³/mol. The van der Waals surface area contributed by atoms with E-state index >= 15 is 0 Å². The molecule has 0 saturated carbocycles. The Hall–Kier alpha value is 0.810. The van der Waals surface area contributed by atoms with Gasteiger partial charge in [-0.15, -0.1) is 0 Å². The molecule has 0 saturated heterocycles. The largest absolute Gasteiger partial charge is 1.00 e. The Kier molecular flexibility index (Phi) is 31.1. The van der Waals surface area contributed by atoms with Gasteiger partial charge in [-0.05, 0) is 6.42 Å². The standard InChI is InChI=1S/C13H28O.C4H6O7S.2Na/c1-2-3-4-5-6-7-8-9-10-11-12-13-14;5-3(6)1-2(4(7)8)12(9,10)11;;/h14H,2-13H2,1H3;2H,1H2,(H,5,6)(H,7,8)(H,9,10,11);;/q;;2*+1/p-2. The van der Waals surface area contributed by atoms with E-state index in [9.17, 15) is 28.2 Å². The second kappa shape index (κ2) is 24.1. The fourth-order valence-electron chi connectivity index (χ4n) is 2.24. The van der Waals surface area contributed by atoms with Gasteiger partial charge in [0.25, 0.3) is 10.1 Å². The van der Waals surface area contributed by atoms with Gasteiger partial charge in [0.05, 0.1) is 5.97 Å². The van der Waals surface area contributed by atoms with E-state index in [-0.39, 0.29) is 59.1 Å². The molecule has 0 aliphatic carbocycles. The average molecular weight is 442 g/mol. The monoisotopic (exact) mass is 442 g/mol. The molecule has 0 aliphatic rings. The molecule has 28 heavy (non-hydrogen) atoms. The molecule has 156 valence electrons. The van der Waals surface area contributed by atoms with Crippen LogP contribution in [0.25, 0.3) is 0 Å². The van der Waals surface area contributed by atoms with Crippen molar-refractivity contribution < 1.29 is 97.0 Å². The molecule has 0 fully saturated rings. The molecule has 0 bridgehead atoms. The van der Waals surface area contributed by atoms with Crippen LogP contribution in [0.15, 0.2) is 0 Å². The summed E-state index contributed by atoms with van der Waals surface area (Å²) in [6, 6.07) is 0. The number of aliphatic carboxylic acids is 2. The Bertz CT molecular complexity index is 460. The Balaban J connectivity index is -0.000000194. The number of unbranched alkanes of at least 4 members (excludes halogenated alkanes) is 10. The van der Waals surface area contributed by atoms with Crippen LogP contribution in [0.5, 0.6) is 0 Å². The molecule has 1 unspecified atom stereocenters. The van der Waals surface area contributed by atoms with Gasteiger partial charge in [0.1, 0.15) is 5.25 Å². The molecule has 0 aromatic heterocycles. The normalized spacial score (nSPS) is 11.2. The molecule has 0 aromatic carbocycles. The van der Waals surface area contributed by atoms with Crippen molar-refractivity contribution in [3.8, 4) is 0 Å². The second-order valence-corrected chi connectivity index (χ2v) is 7.76. The van der Waals surface area contributed by atoms with Gasteiger partial charge in [0.2, 0.25) is 0 Å². The maximum absolute atomic E-state index is 10.2. The van der Waals surface area contributed by atoms with Crippen LogP contribution >= 0.6 is 0 Å². The van der Waals surface area contributed by atoms with Gasteiger partial charge in [0.15, 0.2) is 0 Å². The minimum absolute atomic E-state index is 0. The molecule has 2 N–H and O–H groups in total. The predicted octanol–water partition coefficient (Wildman–Crippen LogP) is -5.57. The number of aliphatic hydroxyl groups excluding tert-OH is 1. The third-order valence-corrected chi connectivity index (χ3v) is 4.81. The maximum Gasteiger partial charge on any atom is 1.00 e. The molecule has 8 nitrogen and oxygen atoms in total. The summed E-state index contributed by atoms with van der Waals surface area (Å²) in [7, 11) is -4.94. The van der Waals surface area contributed by atoms with E-state index in [1.165, 1.54) is 64.2 Å². The van der Waals surface area contributed by atoms with Crippen molar-refractivity contribution in [3.63, 3.8) is 0 Å². The summed E-state index contributed by atoms with van der Waals surface area (Å²) in [4.78, 5) is 19.7. The van der Waals surface area contributed by atoms with Crippen LogP contribution in [0, 0.1) is 0 Å². The van der Waals surface area contributed by atoms with E-state index in [0.29, 0.717) is 6.61 Å². The minimum atomic E-state index is -4.94. The number of carboxylic acids is 2. The summed E-state index contributed by atoms with van der Waals surface area (Å²) < 4.78 is 28.5. The molecule has 0 amide bonds. The molecule has 0 rings (SSSR count). The van der Waals surface area contributed by atoms with E-state index < -0.39 is 33.7 Å². The summed E-state index contributed by atoms with van der Waals surface area (Å²) in [5, 5.41) is 25.8. The third kappa shape index (κ3) is 26.8. The van der Waals surface area contributed by atoms with Gasteiger partial charge in [-0.25, -0.2) is 0 Å². The van der Waals surface area contributed by atoms with E-state index in [1.807, 2.05) is 0 Å². The fourth-order valence-corrected chi connectivity index (χ4v) is 2.83. The van der Waals surface area contributed by atoms with Crippen molar-refractivity contribution >= 4 is 22.1 Å². The van der Waals surface area contributed by atoms with Crippen LogP contribution in [-0.4, -0.2) is 41.9 Å². The first kappa shape index (κ1) is 36.2. The number of hydrogen-bond donors (Lipinski definition) is 2. The van der Waals surface area contributed by atoms with Gasteiger partial charge in [-0.1, -0.05) is 71.1 Å². The average Bonchev–Trinajstić information content (AvgIpc) is 2.53. The van der Waals surface area contributed by atoms with Crippen molar-refractivity contribution in [2.45, 2.75) is 89.2 Å². The Labute approximate surface area is 213 Å². The van der Waals surface area contributed by atoms with Crippen LogP contribution in [0.2, 0.25) is 0 Å². The third-order valence-electron chi connectivity index (χ3n) is 3.74. The summed E-state index contributed by atoms with van der Waals surface area (Å²) >= 11 is 0. The van der Waals surface area contributed by atoms with Crippen LogP contribution in [0.4, 0.5) is 0 Å². The van der Waals surface area contributed by atoms with Gasteiger partial charge in [-0.3, -0.25) is 4.55 Å². The van der Waals surface area contributed by atoms with E-state index in [1.54, 1.807) is 0 Å². The number of hydrogen-bond acceptors (Lipinski definition) is 7. The molecule has 0 aliphatic heterocycles. The zero-order chi connectivity index (χ0) is 20.4. The second-order valence-electron chi connectivity index (χ2n) is 6.16. The Morgan fingerprint density at radius 3 is 1.39 bits per heavy atom. The summed E-state index contributed by atoms with van der Waals surface area (Å²) in [6.07, 6.45) is 13.4. The van der Waals surface area contributed by atoms with Crippen LogP contribution in [-0.2, 0) is 19.7 Å². The Morgan fingerprint density at radius 2 is 1.18 bits per heavy atom. The van der Waals surface area contributed by atoms with Gasteiger partial charge in [-0.2, -0.15) is 8.42 Å². The van der Waals surface area contributed by atoms with Crippen LogP contribution in [0.1, 0.15) is 84.0 Å². The number of aliphatic hydroxyl groups is 1. The van der Waals surface area contributed by atoms with Crippen molar-refractivity contribution in [3.05, 3.63) is 0 Å². The Morgan fingerprint density at radius 1 is 0.821 bits per heavy atom. The molecule has 0 heterocycles. The smallest absolute Gasteiger partial charge is 0.550 e. The molecule has 0 aromatic rings. The first-order valence-corrected chi connectivity index (χ1v) is 10.6. The van der Waals surface area contributed by atoms with Gasteiger partial charge < -0.3 is 24.9 Å². The number of carboxylic acid groups (broad SMARTS) is 2. The SMILES string of the molecule is CCCCCCCCCCCCCO.O=C([O-])CC(C(=O)[O-])S(=O)(=O)O.[Na+].[Na+]. The molecule has 0 radical (unpaired) electrons. The van der Waals surface area contributed by atoms with Crippen LogP contribution in [0.3, 0.4) is 0 Å². The minimum Gasteiger partial charge on any atom is -0.550 e. The first-order valence-electron chi connectivity index (χ1n) is 9.14. The van der Waals surface area contributed by atoms with E-state index in [2.05, 4.69) is 6.92 Å². The fraction of sp³-hybridized carbons (Fsp3) is 0.882. The van der Waals surface area contributed by atoms with Crippen molar-refractivity contribution in [2.24, 2.45) is 0 Å². The molecule has 1 atom stereocenters. The first-order chi connectivity index (χ1) is 12.2. The van der Waals surface area contributed by atoms with Crippen molar-refractivity contribution in [1.82, 2.24) is 0 Å². The number of rotatable bonds is 15. The summed E-state index contributed by atoms with van der Waals surface area (Å²) in [5.74, 6) is -4.08. The van der Waals surface area contributed by atoms with Gasteiger partial charge in [0, 0.05) is 19.0 Å². The van der Waals surface area contributed by atoms with E-state index in [4.69, 9.17) is 9.66 Å². The number of carbonyl (C=O) groups excluding carboxylic acids is 2. The summed E-state index contributed by atoms with van der Waals surface area (Å²) in [6.45, 7) is 2.64. The topological polar surface area (TPSA) is 155 Å². The maximum atomic E-state index is 10.2. The van der Waals surface area contributed by atoms with E-state index in [0.717, 1.165) is 6.42 Å². The molecular weight excluding hydrogens is 410 g/mol. The zero-order valence-corrected chi connectivity index (χ0v) is 22.3. The number of carbonyl (C=O) groups is 2. The quantitative estimate of drug-likeness (QED) is 0.145.